The number of halogens is 1. The van der Waals surface area contributed by atoms with E-state index in [1.807, 2.05) is 0 Å². The highest BCUT2D eigenvalue weighted by atomic mass is 32.2. The van der Waals surface area contributed by atoms with E-state index in [2.05, 4.69) is 9.71 Å². The van der Waals surface area contributed by atoms with Crippen LogP contribution >= 0.6 is 11.3 Å². The molecule has 0 aliphatic heterocycles. The Kier molecular flexibility index (Phi) is 3.26. The van der Waals surface area contributed by atoms with E-state index in [1.165, 1.54) is 11.3 Å². The average Bonchev–Trinajstić information content (AvgIpc) is 2.85. The molecule has 0 saturated carbocycles. The average molecular weight is 323 g/mol. The predicted molar refractivity (Wildman–Crippen MR) is 81.2 cm³/mol. The Morgan fingerprint density at radius 1 is 1.19 bits per heavy atom. The third-order valence-corrected chi connectivity index (χ3v) is 5.09. The lowest BCUT2D eigenvalue weighted by atomic mass is 10.3. The highest BCUT2D eigenvalue weighted by molar-refractivity contribution is 7.92. The van der Waals surface area contributed by atoms with Crippen molar-refractivity contribution in [2.24, 2.45) is 0 Å². The molecule has 8 heteroatoms. The van der Waals surface area contributed by atoms with Crippen LogP contribution in [0.4, 0.5) is 15.8 Å². The molecule has 1 aromatic heterocycles. The molecular weight excluding hydrogens is 313 g/mol. The number of nitrogens with two attached hydrogens (primary N) is 1. The van der Waals surface area contributed by atoms with Crippen LogP contribution < -0.4 is 10.5 Å². The van der Waals surface area contributed by atoms with Gasteiger partial charge in [0.15, 0.2) is 0 Å². The van der Waals surface area contributed by atoms with Gasteiger partial charge in [0, 0.05) is 0 Å². The van der Waals surface area contributed by atoms with E-state index >= 15 is 0 Å². The number of aromatic nitrogens is 1. The summed E-state index contributed by atoms with van der Waals surface area (Å²) in [4.78, 5) is 3.96. The molecule has 0 atom stereocenters. The van der Waals surface area contributed by atoms with Crippen molar-refractivity contribution in [1.82, 2.24) is 4.98 Å². The fraction of sp³-hybridized carbons (Fsp3) is 0. The van der Waals surface area contributed by atoms with Gasteiger partial charge in [0.1, 0.15) is 10.7 Å². The van der Waals surface area contributed by atoms with Gasteiger partial charge in [-0.2, -0.15) is 0 Å². The van der Waals surface area contributed by atoms with Crippen molar-refractivity contribution in [2.75, 3.05) is 10.5 Å². The molecule has 0 bridgehead atoms. The zero-order chi connectivity index (χ0) is 15.0. The van der Waals surface area contributed by atoms with Gasteiger partial charge in [0.2, 0.25) is 0 Å². The second kappa shape index (κ2) is 4.97. The lowest BCUT2D eigenvalue weighted by Crippen LogP contribution is -2.14. The molecule has 0 saturated heterocycles. The lowest BCUT2D eigenvalue weighted by Gasteiger charge is -2.10. The van der Waals surface area contributed by atoms with Crippen LogP contribution in [-0.2, 0) is 10.0 Å². The first-order chi connectivity index (χ1) is 9.95. The number of rotatable bonds is 3. The van der Waals surface area contributed by atoms with E-state index < -0.39 is 15.8 Å². The predicted octanol–water partition coefficient (Wildman–Crippen LogP) is 2.82. The summed E-state index contributed by atoms with van der Waals surface area (Å²) in [6.07, 6.45) is 0. The summed E-state index contributed by atoms with van der Waals surface area (Å²) < 4.78 is 40.9. The van der Waals surface area contributed by atoms with Gasteiger partial charge >= 0.3 is 0 Å². The van der Waals surface area contributed by atoms with Crippen LogP contribution in [0.3, 0.4) is 0 Å². The second-order valence-electron chi connectivity index (χ2n) is 4.32. The summed E-state index contributed by atoms with van der Waals surface area (Å²) >= 11 is 1.41. The molecule has 3 N–H and O–H groups in total. The molecule has 0 aliphatic carbocycles. The highest BCUT2D eigenvalue weighted by Crippen LogP contribution is 2.25. The van der Waals surface area contributed by atoms with Crippen LogP contribution in [0, 0.1) is 5.82 Å². The molecule has 0 aliphatic rings. The smallest absolute Gasteiger partial charge is 0.263 e. The van der Waals surface area contributed by atoms with Crippen molar-refractivity contribution in [3.8, 4) is 0 Å². The highest BCUT2D eigenvalue weighted by Gasteiger charge is 2.18. The number of fused-ring (bicyclic) bond motifs is 1. The van der Waals surface area contributed by atoms with Gasteiger partial charge in [-0.1, -0.05) is 0 Å². The van der Waals surface area contributed by atoms with Crippen molar-refractivity contribution in [1.29, 1.82) is 0 Å². The van der Waals surface area contributed by atoms with E-state index in [4.69, 9.17) is 5.73 Å². The van der Waals surface area contributed by atoms with E-state index in [0.29, 0.717) is 5.69 Å². The molecule has 3 rings (SSSR count). The number of sulfonamides is 1. The van der Waals surface area contributed by atoms with Crippen LogP contribution in [0.1, 0.15) is 0 Å². The minimum atomic E-state index is -3.87. The second-order valence-corrected chi connectivity index (χ2v) is 6.86. The quantitative estimate of drug-likeness (QED) is 0.726. The summed E-state index contributed by atoms with van der Waals surface area (Å²) in [5, 5.41) is 0. The summed E-state index contributed by atoms with van der Waals surface area (Å²) in [6.45, 7) is 0. The van der Waals surface area contributed by atoms with E-state index in [0.717, 1.165) is 28.4 Å². The normalized spacial score (nSPS) is 11.7. The van der Waals surface area contributed by atoms with Crippen LogP contribution in [0.25, 0.3) is 10.2 Å². The number of hydrogen-bond acceptors (Lipinski definition) is 5. The van der Waals surface area contributed by atoms with Crippen LogP contribution in [0.2, 0.25) is 0 Å². The number of hydrogen-bond donors (Lipinski definition) is 2. The maximum Gasteiger partial charge on any atom is 0.263 e. The molecule has 0 spiro atoms. The largest absolute Gasteiger partial charge is 0.398 e. The third-order valence-electron chi connectivity index (χ3n) is 2.84. The van der Waals surface area contributed by atoms with Gasteiger partial charge in [-0.05, 0) is 36.4 Å². The Hall–Kier alpha value is -2.19. The molecule has 0 fully saturated rings. The summed E-state index contributed by atoms with van der Waals surface area (Å²) in [6, 6.07) is 8.18. The molecular formula is C13H10FN3O2S2. The van der Waals surface area contributed by atoms with Crippen molar-refractivity contribution in [2.45, 2.75) is 4.90 Å². The molecule has 1 heterocycles. The van der Waals surface area contributed by atoms with Crippen molar-refractivity contribution in [3.05, 3.63) is 47.7 Å². The monoisotopic (exact) mass is 323 g/mol. The molecule has 108 valence electrons. The molecule has 21 heavy (non-hydrogen) atoms. The number of nitrogen functional groups attached to an aromatic ring is 1. The van der Waals surface area contributed by atoms with E-state index in [1.54, 1.807) is 23.7 Å². The molecule has 0 radical (unpaired) electrons. The lowest BCUT2D eigenvalue weighted by molar-refractivity contribution is 0.600. The van der Waals surface area contributed by atoms with Crippen molar-refractivity contribution in [3.63, 3.8) is 0 Å². The number of anilines is 2. The Morgan fingerprint density at radius 3 is 2.76 bits per heavy atom. The maximum atomic E-state index is 13.0. The summed E-state index contributed by atoms with van der Waals surface area (Å²) in [5.74, 6) is -0.586. The van der Waals surface area contributed by atoms with E-state index in [-0.39, 0.29) is 10.6 Å². The fourth-order valence-corrected chi connectivity index (χ4v) is 3.77. The van der Waals surface area contributed by atoms with Crippen LogP contribution in [0.5, 0.6) is 0 Å². The first-order valence-corrected chi connectivity index (χ1v) is 8.23. The van der Waals surface area contributed by atoms with Gasteiger partial charge in [-0.3, -0.25) is 4.72 Å². The Balaban J connectivity index is 1.98. The van der Waals surface area contributed by atoms with Gasteiger partial charge in [0.25, 0.3) is 10.0 Å². The Morgan fingerprint density at radius 2 is 2.00 bits per heavy atom. The first kappa shape index (κ1) is 13.8. The number of nitrogens with zero attached hydrogens (tertiary/aromatic N) is 1. The summed E-state index contributed by atoms with van der Waals surface area (Å²) in [7, 11) is -3.87. The molecule has 0 unspecified atom stereocenters. The first-order valence-electron chi connectivity index (χ1n) is 5.87. The van der Waals surface area contributed by atoms with Gasteiger partial charge < -0.3 is 5.73 Å². The van der Waals surface area contributed by atoms with Crippen molar-refractivity contribution < 1.29 is 12.8 Å². The molecule has 0 amide bonds. The standard InChI is InChI=1S/C13H10FN3O2S2/c14-8-1-4-13(10(15)5-8)21(18,19)17-9-2-3-11-12(6-9)20-7-16-11/h1-7,17H,15H2. The number of nitrogens with one attached hydrogen (secondary N) is 1. The van der Waals surface area contributed by atoms with Gasteiger partial charge in [0.05, 0.1) is 27.1 Å². The number of thiazole rings is 1. The minimum Gasteiger partial charge on any atom is -0.398 e. The molecule has 2 aromatic carbocycles. The third kappa shape index (κ3) is 2.67. The van der Waals surface area contributed by atoms with Crippen LogP contribution in [-0.4, -0.2) is 13.4 Å². The SMILES string of the molecule is Nc1cc(F)ccc1S(=O)(=O)Nc1ccc2ncsc2c1. The minimum absolute atomic E-state index is 0.138. The Bertz CT molecular complexity index is 922. The molecule has 5 nitrogen and oxygen atoms in total. The summed E-state index contributed by atoms with van der Waals surface area (Å²) in [5.41, 5.74) is 8.31. The maximum absolute atomic E-state index is 13.0. The van der Waals surface area contributed by atoms with E-state index in [9.17, 15) is 12.8 Å². The van der Waals surface area contributed by atoms with Gasteiger partial charge in [-0.25, -0.2) is 17.8 Å². The Labute approximate surface area is 124 Å². The topological polar surface area (TPSA) is 85.1 Å². The zero-order valence-electron chi connectivity index (χ0n) is 10.6. The van der Waals surface area contributed by atoms with Crippen molar-refractivity contribution >= 4 is 43.0 Å². The fourth-order valence-electron chi connectivity index (χ4n) is 1.89. The van der Waals surface area contributed by atoms with Crippen LogP contribution in [0.15, 0.2) is 46.8 Å². The zero-order valence-corrected chi connectivity index (χ0v) is 12.2. The number of benzene rings is 2. The van der Waals surface area contributed by atoms with Gasteiger partial charge in [-0.15, -0.1) is 11.3 Å². The molecule has 3 aromatic rings.